The Labute approximate surface area is 626 Å². The van der Waals surface area contributed by atoms with Crippen LogP contribution in [0.5, 0.6) is 0 Å². The van der Waals surface area contributed by atoms with Crippen LogP contribution >= 0.6 is 15.6 Å². The zero-order valence-electron chi connectivity index (χ0n) is 66.8. The van der Waals surface area contributed by atoms with Gasteiger partial charge in [0.2, 0.25) is 0 Å². The van der Waals surface area contributed by atoms with Crippen LogP contribution in [0.15, 0.2) is 0 Å². The van der Waals surface area contributed by atoms with E-state index < -0.39 is 97.5 Å². The summed E-state index contributed by atoms with van der Waals surface area (Å²) in [6.07, 6.45) is 68.7. The molecule has 0 bridgehead atoms. The number of unbranched alkanes of at least 4 members (excludes halogenated alkanes) is 54. The van der Waals surface area contributed by atoms with Gasteiger partial charge in [0.1, 0.15) is 19.3 Å². The minimum Gasteiger partial charge on any atom is -0.462 e. The first-order valence-electron chi connectivity index (χ1n) is 43.2. The largest absolute Gasteiger partial charge is 0.472 e. The highest BCUT2D eigenvalue weighted by atomic mass is 31.2. The highest BCUT2D eigenvalue weighted by Gasteiger charge is 2.30. The molecule has 0 aliphatic rings. The number of hydrogen-bond acceptors (Lipinski definition) is 15. The number of ether oxygens (including phenoxy) is 4. The molecule has 0 aromatic rings. The average Bonchev–Trinajstić information content (AvgIpc) is 0.925. The van der Waals surface area contributed by atoms with Crippen molar-refractivity contribution in [3.05, 3.63) is 0 Å². The van der Waals surface area contributed by atoms with Crippen LogP contribution in [-0.2, 0) is 65.4 Å². The molecule has 0 aliphatic heterocycles. The Morgan fingerprint density at radius 3 is 0.696 bits per heavy atom. The van der Waals surface area contributed by atoms with Crippen molar-refractivity contribution in [3.63, 3.8) is 0 Å². The summed E-state index contributed by atoms with van der Waals surface area (Å²) in [6.45, 7) is 7.26. The molecule has 17 nitrogen and oxygen atoms in total. The first-order valence-corrected chi connectivity index (χ1v) is 46.2. The van der Waals surface area contributed by atoms with Crippen molar-refractivity contribution in [2.45, 2.75) is 464 Å². The zero-order chi connectivity index (χ0) is 74.8. The van der Waals surface area contributed by atoms with E-state index in [4.69, 9.17) is 37.0 Å². The van der Waals surface area contributed by atoms with Crippen molar-refractivity contribution >= 4 is 39.5 Å². The van der Waals surface area contributed by atoms with E-state index in [1.807, 2.05) is 0 Å². The van der Waals surface area contributed by atoms with Crippen molar-refractivity contribution < 1.29 is 80.2 Å². The van der Waals surface area contributed by atoms with E-state index in [1.165, 1.54) is 263 Å². The van der Waals surface area contributed by atoms with Crippen molar-refractivity contribution in [2.24, 2.45) is 5.92 Å². The van der Waals surface area contributed by atoms with Crippen LogP contribution in [0.3, 0.4) is 0 Å². The summed E-state index contributed by atoms with van der Waals surface area (Å²) < 4.78 is 68.5. The minimum atomic E-state index is -4.96. The second-order valence-electron chi connectivity index (χ2n) is 30.1. The molecule has 0 radical (unpaired) electrons. The van der Waals surface area contributed by atoms with Crippen LogP contribution in [-0.4, -0.2) is 96.7 Å². The second kappa shape index (κ2) is 75.9. The molecule has 0 spiro atoms. The van der Waals surface area contributed by atoms with E-state index in [9.17, 15) is 43.2 Å². The van der Waals surface area contributed by atoms with Gasteiger partial charge in [-0.25, -0.2) is 9.13 Å². The molecule has 0 aromatic heterocycles. The number of carbonyl (C=O) groups is 4. The third-order valence-corrected chi connectivity index (χ3v) is 21.8. The molecule has 3 N–H and O–H groups in total. The predicted molar refractivity (Wildman–Crippen MR) is 418 cm³/mol. The number of aliphatic hydroxyl groups excluding tert-OH is 1. The third kappa shape index (κ3) is 74.9. The number of phosphoric acid groups is 2. The maximum absolute atomic E-state index is 13.1. The Hall–Kier alpha value is -1.94. The monoisotopic (exact) mass is 1490 g/mol. The number of rotatable bonds is 83. The molecule has 0 saturated carbocycles. The van der Waals surface area contributed by atoms with Gasteiger partial charge in [-0.2, -0.15) is 0 Å². The molecule has 0 fully saturated rings. The fourth-order valence-corrected chi connectivity index (χ4v) is 14.5. The topological polar surface area (TPSA) is 237 Å². The third-order valence-electron chi connectivity index (χ3n) is 19.9. The molecule has 606 valence electrons. The van der Waals surface area contributed by atoms with Gasteiger partial charge in [0.15, 0.2) is 12.2 Å². The molecule has 102 heavy (non-hydrogen) atoms. The maximum Gasteiger partial charge on any atom is 0.472 e. The summed E-state index contributed by atoms with van der Waals surface area (Å²) in [5.74, 6) is -1.32. The van der Waals surface area contributed by atoms with Crippen LogP contribution in [0.4, 0.5) is 0 Å². The number of esters is 4. The summed E-state index contributed by atoms with van der Waals surface area (Å²) in [4.78, 5) is 72.8. The van der Waals surface area contributed by atoms with Gasteiger partial charge in [-0.15, -0.1) is 0 Å². The van der Waals surface area contributed by atoms with Crippen molar-refractivity contribution in [2.75, 3.05) is 39.6 Å². The van der Waals surface area contributed by atoms with Crippen molar-refractivity contribution in [1.82, 2.24) is 0 Å². The van der Waals surface area contributed by atoms with Gasteiger partial charge in [-0.05, 0) is 31.6 Å². The standard InChI is InChI=1S/C83H162O17P2/c1-6-10-13-16-18-20-22-24-26-28-30-32-34-36-38-40-42-44-49-53-58-63-68-83(88)100-79(73-94-81(86)67-62-57-52-48-43-41-39-37-35-33-31-29-27-25-23-21-19-17-14-11-7-2)75-98-102(91,92)96-71-77(84)70-95-101(89,90)97-74-78(72-93-80(85)66-61-55-15-12-8-3)99-82(87)69-64-59-54-50-46-45-47-51-56-60-65-76(5)9-4/h76-79,84H,6-75H2,1-5H3,(H,89,90)(H,91,92)/t76?,77-,78+,79+/m0/s1. The lowest BCUT2D eigenvalue weighted by atomic mass is 9.99. The lowest BCUT2D eigenvalue weighted by Gasteiger charge is -2.21. The smallest absolute Gasteiger partial charge is 0.462 e. The van der Waals surface area contributed by atoms with Gasteiger partial charge in [-0.1, -0.05) is 394 Å². The van der Waals surface area contributed by atoms with Crippen LogP contribution < -0.4 is 0 Å². The highest BCUT2D eigenvalue weighted by Crippen LogP contribution is 2.45. The van der Waals surface area contributed by atoms with E-state index >= 15 is 0 Å². The van der Waals surface area contributed by atoms with E-state index in [1.54, 1.807) is 0 Å². The highest BCUT2D eigenvalue weighted by molar-refractivity contribution is 7.47. The number of carbonyl (C=O) groups excluding carboxylic acids is 4. The van der Waals surface area contributed by atoms with Gasteiger partial charge in [0, 0.05) is 25.7 Å². The lowest BCUT2D eigenvalue weighted by Crippen LogP contribution is -2.30. The first-order chi connectivity index (χ1) is 49.6. The van der Waals surface area contributed by atoms with Crippen LogP contribution in [0.25, 0.3) is 0 Å². The van der Waals surface area contributed by atoms with Crippen LogP contribution in [0.1, 0.15) is 446 Å². The predicted octanol–water partition coefficient (Wildman–Crippen LogP) is 25.2. The van der Waals surface area contributed by atoms with Gasteiger partial charge in [0.05, 0.1) is 26.4 Å². The SMILES string of the molecule is CCCCCCCCCCCCCCCCCCCCCCCCC(=O)O[C@H](COC(=O)CCCCCCCCCCCCCCCCCCCCCCC)COP(=O)(O)OC[C@@H](O)COP(=O)(O)OC[C@@H](COC(=O)CCCCCCC)OC(=O)CCCCCCCCCCCCC(C)CC. The Morgan fingerprint density at radius 1 is 0.275 bits per heavy atom. The fraction of sp³-hybridized carbons (Fsp3) is 0.952. The quantitative estimate of drug-likeness (QED) is 0.0222. The summed E-state index contributed by atoms with van der Waals surface area (Å²) in [7, 11) is -9.91. The molecule has 0 aromatic carbocycles. The van der Waals surface area contributed by atoms with E-state index in [-0.39, 0.29) is 25.7 Å². The van der Waals surface area contributed by atoms with Crippen LogP contribution in [0, 0.1) is 5.92 Å². The first kappa shape index (κ1) is 100. The Kier molecular flexibility index (Phi) is 74.4. The van der Waals surface area contributed by atoms with Gasteiger partial charge >= 0.3 is 39.5 Å². The molecule has 6 atom stereocenters. The van der Waals surface area contributed by atoms with Crippen molar-refractivity contribution in [3.8, 4) is 0 Å². The molecule has 0 amide bonds. The molecule has 19 heteroatoms. The summed E-state index contributed by atoms with van der Waals surface area (Å²) in [6, 6.07) is 0. The van der Waals surface area contributed by atoms with E-state index in [0.29, 0.717) is 25.7 Å². The molecule has 0 saturated heterocycles. The van der Waals surface area contributed by atoms with Gasteiger partial charge in [0.25, 0.3) is 0 Å². The van der Waals surface area contributed by atoms with Gasteiger partial charge in [-0.3, -0.25) is 37.3 Å². The lowest BCUT2D eigenvalue weighted by molar-refractivity contribution is -0.161. The van der Waals surface area contributed by atoms with E-state index in [2.05, 4.69) is 34.6 Å². The Bertz CT molecular complexity index is 1950. The fourth-order valence-electron chi connectivity index (χ4n) is 12.9. The average molecular weight is 1490 g/mol. The molecular weight excluding hydrogens is 1330 g/mol. The summed E-state index contributed by atoms with van der Waals surface area (Å²) >= 11 is 0. The maximum atomic E-state index is 13.1. The summed E-state index contributed by atoms with van der Waals surface area (Å²) in [5.41, 5.74) is 0. The van der Waals surface area contributed by atoms with Gasteiger partial charge < -0.3 is 33.8 Å². The molecule has 0 rings (SSSR count). The molecule has 0 heterocycles. The Morgan fingerprint density at radius 2 is 0.471 bits per heavy atom. The number of hydrogen-bond donors (Lipinski definition) is 3. The van der Waals surface area contributed by atoms with E-state index in [0.717, 1.165) is 102 Å². The normalized spacial score (nSPS) is 14.1. The Balaban J connectivity index is 5.10. The molecular formula is C83H162O17P2. The minimum absolute atomic E-state index is 0.106. The molecule has 3 unspecified atom stereocenters. The number of phosphoric ester groups is 2. The zero-order valence-corrected chi connectivity index (χ0v) is 68.5. The second-order valence-corrected chi connectivity index (χ2v) is 33.0. The number of aliphatic hydroxyl groups is 1. The summed E-state index contributed by atoms with van der Waals surface area (Å²) in [5, 5.41) is 10.6. The molecule has 0 aliphatic carbocycles. The van der Waals surface area contributed by atoms with Crippen LogP contribution in [0.2, 0.25) is 0 Å². The van der Waals surface area contributed by atoms with Crippen molar-refractivity contribution in [1.29, 1.82) is 0 Å².